The number of Topliss-reactive ketones (excluding diaryl/α,β-unsaturated/α-hetero) is 1. The van der Waals surface area contributed by atoms with Crippen LogP contribution in [0.4, 0.5) is 5.82 Å². The van der Waals surface area contributed by atoms with Gasteiger partial charge in [0.2, 0.25) is 0 Å². The first-order chi connectivity index (χ1) is 9.74. The summed E-state index contributed by atoms with van der Waals surface area (Å²) in [6.07, 6.45) is 2.46. The van der Waals surface area contributed by atoms with Gasteiger partial charge in [0.25, 0.3) is 0 Å². The van der Waals surface area contributed by atoms with E-state index in [0.717, 1.165) is 35.7 Å². The zero-order valence-electron chi connectivity index (χ0n) is 11.5. The largest absolute Gasteiger partial charge is 0.355 e. The molecule has 1 fully saturated rings. The van der Waals surface area contributed by atoms with Crippen LogP contribution in [0.2, 0.25) is 0 Å². The summed E-state index contributed by atoms with van der Waals surface area (Å²) in [4.78, 5) is 13.5. The summed E-state index contributed by atoms with van der Waals surface area (Å²) < 4.78 is 0. The fourth-order valence-electron chi connectivity index (χ4n) is 2.47. The van der Waals surface area contributed by atoms with Gasteiger partial charge in [0.1, 0.15) is 0 Å². The maximum atomic E-state index is 11.3. The molecule has 20 heavy (non-hydrogen) atoms. The highest BCUT2D eigenvalue weighted by Gasteiger charge is 2.13. The number of carbonyl (C=O) groups excluding carboxylic acids is 1. The van der Waals surface area contributed by atoms with Crippen molar-refractivity contribution in [3.8, 4) is 11.3 Å². The number of carbonyl (C=O) groups is 1. The maximum Gasteiger partial charge on any atom is 0.159 e. The zero-order valence-corrected chi connectivity index (χ0v) is 11.5. The van der Waals surface area contributed by atoms with Crippen molar-refractivity contribution >= 4 is 11.6 Å². The summed E-state index contributed by atoms with van der Waals surface area (Å²) in [6, 6.07) is 11.5. The summed E-state index contributed by atoms with van der Waals surface area (Å²) in [5.41, 5.74) is 2.54. The summed E-state index contributed by atoms with van der Waals surface area (Å²) >= 11 is 0. The van der Waals surface area contributed by atoms with Crippen LogP contribution < -0.4 is 4.90 Å². The molecule has 4 heteroatoms. The summed E-state index contributed by atoms with van der Waals surface area (Å²) in [5.74, 6) is 1.03. The molecule has 0 bridgehead atoms. The number of rotatable bonds is 3. The average molecular weight is 267 g/mol. The van der Waals surface area contributed by atoms with Crippen molar-refractivity contribution in [1.82, 2.24) is 10.2 Å². The molecule has 1 aliphatic rings. The number of ketones is 1. The second-order valence-electron chi connectivity index (χ2n) is 5.10. The summed E-state index contributed by atoms with van der Waals surface area (Å²) in [7, 11) is 0. The second-order valence-corrected chi connectivity index (χ2v) is 5.10. The van der Waals surface area contributed by atoms with Crippen molar-refractivity contribution in [3.63, 3.8) is 0 Å². The van der Waals surface area contributed by atoms with E-state index in [1.54, 1.807) is 6.92 Å². The van der Waals surface area contributed by atoms with Gasteiger partial charge in [0.05, 0.1) is 5.69 Å². The van der Waals surface area contributed by atoms with Crippen molar-refractivity contribution in [2.75, 3.05) is 18.0 Å². The maximum absolute atomic E-state index is 11.3. The highest BCUT2D eigenvalue weighted by Crippen LogP contribution is 2.21. The normalized spacial score (nSPS) is 14.6. The van der Waals surface area contributed by atoms with E-state index >= 15 is 0 Å². The molecule has 0 unspecified atom stereocenters. The Balaban J connectivity index is 1.81. The van der Waals surface area contributed by atoms with Crippen LogP contribution in [-0.4, -0.2) is 29.1 Å². The van der Waals surface area contributed by atoms with Gasteiger partial charge < -0.3 is 4.90 Å². The molecule has 1 aromatic carbocycles. The van der Waals surface area contributed by atoms with E-state index in [9.17, 15) is 4.79 Å². The van der Waals surface area contributed by atoms with Gasteiger partial charge in [-0.2, -0.15) is 0 Å². The third kappa shape index (κ3) is 2.54. The molecule has 102 valence electrons. The highest BCUT2D eigenvalue weighted by atomic mass is 16.1. The van der Waals surface area contributed by atoms with Gasteiger partial charge in [-0.1, -0.05) is 24.3 Å². The molecule has 0 atom stereocenters. The quantitative estimate of drug-likeness (QED) is 0.802. The smallest absolute Gasteiger partial charge is 0.159 e. The van der Waals surface area contributed by atoms with E-state index in [-0.39, 0.29) is 5.78 Å². The molecule has 4 nitrogen and oxygen atoms in total. The molecule has 2 heterocycles. The molecule has 1 aromatic heterocycles. The number of anilines is 1. The lowest BCUT2D eigenvalue weighted by atomic mass is 10.1. The van der Waals surface area contributed by atoms with Gasteiger partial charge in [-0.3, -0.25) is 4.79 Å². The van der Waals surface area contributed by atoms with E-state index in [1.165, 1.54) is 12.8 Å². The van der Waals surface area contributed by atoms with Crippen molar-refractivity contribution in [3.05, 3.63) is 42.0 Å². The molecule has 0 N–H and O–H groups in total. The summed E-state index contributed by atoms with van der Waals surface area (Å²) in [5, 5.41) is 8.60. The predicted molar refractivity (Wildman–Crippen MR) is 78.9 cm³/mol. The van der Waals surface area contributed by atoms with Crippen LogP contribution in [0.15, 0.2) is 36.4 Å². The van der Waals surface area contributed by atoms with Gasteiger partial charge in [0.15, 0.2) is 11.6 Å². The molecule has 1 aliphatic heterocycles. The lowest BCUT2D eigenvalue weighted by Crippen LogP contribution is -2.19. The highest BCUT2D eigenvalue weighted by molar-refractivity contribution is 5.94. The molecule has 0 radical (unpaired) electrons. The average Bonchev–Trinajstić information content (AvgIpc) is 3.02. The standard InChI is InChI=1S/C16H17N3O/c1-12(20)13-4-6-14(7-5-13)15-8-9-16(18-17-15)19-10-2-3-11-19/h4-9H,2-3,10-11H2,1H3. The minimum Gasteiger partial charge on any atom is -0.355 e. The van der Waals surface area contributed by atoms with E-state index in [0.29, 0.717) is 0 Å². The molecule has 1 saturated heterocycles. The number of aromatic nitrogens is 2. The van der Waals surface area contributed by atoms with Gasteiger partial charge in [-0.15, -0.1) is 10.2 Å². The Kier molecular flexibility index (Phi) is 3.46. The minimum absolute atomic E-state index is 0.0759. The predicted octanol–water partition coefficient (Wildman–Crippen LogP) is 2.95. The van der Waals surface area contributed by atoms with Gasteiger partial charge in [-0.25, -0.2) is 0 Å². The van der Waals surface area contributed by atoms with E-state index in [1.807, 2.05) is 36.4 Å². The molecule has 0 saturated carbocycles. The van der Waals surface area contributed by atoms with Gasteiger partial charge >= 0.3 is 0 Å². The van der Waals surface area contributed by atoms with Crippen LogP contribution in [0.1, 0.15) is 30.1 Å². The first kappa shape index (κ1) is 12.8. The van der Waals surface area contributed by atoms with Gasteiger partial charge in [0, 0.05) is 24.2 Å². The number of hydrogen-bond donors (Lipinski definition) is 0. The third-order valence-electron chi connectivity index (χ3n) is 3.67. The Morgan fingerprint density at radius 3 is 2.25 bits per heavy atom. The number of benzene rings is 1. The van der Waals surface area contributed by atoms with Gasteiger partial charge in [-0.05, 0) is 31.9 Å². The Hall–Kier alpha value is -2.23. The first-order valence-corrected chi connectivity index (χ1v) is 6.94. The number of nitrogens with zero attached hydrogens (tertiary/aromatic N) is 3. The Morgan fingerprint density at radius 1 is 1.00 bits per heavy atom. The Morgan fingerprint density at radius 2 is 1.70 bits per heavy atom. The third-order valence-corrected chi connectivity index (χ3v) is 3.67. The molecule has 3 rings (SSSR count). The second kappa shape index (κ2) is 5.41. The van der Waals surface area contributed by atoms with E-state index in [2.05, 4.69) is 15.1 Å². The monoisotopic (exact) mass is 267 g/mol. The van der Waals surface area contributed by atoms with Crippen LogP contribution in [0.25, 0.3) is 11.3 Å². The van der Waals surface area contributed by atoms with Crippen LogP contribution >= 0.6 is 0 Å². The Bertz CT molecular complexity index is 599. The van der Waals surface area contributed by atoms with Crippen LogP contribution in [0.3, 0.4) is 0 Å². The van der Waals surface area contributed by atoms with Crippen molar-refractivity contribution < 1.29 is 4.79 Å². The van der Waals surface area contributed by atoms with Crippen LogP contribution in [0.5, 0.6) is 0 Å². The molecule has 0 aliphatic carbocycles. The number of hydrogen-bond acceptors (Lipinski definition) is 4. The lowest BCUT2D eigenvalue weighted by molar-refractivity contribution is 0.101. The first-order valence-electron chi connectivity index (χ1n) is 6.94. The molecule has 0 spiro atoms. The fourth-order valence-corrected chi connectivity index (χ4v) is 2.47. The fraction of sp³-hybridized carbons (Fsp3) is 0.312. The molecule has 0 amide bonds. The van der Waals surface area contributed by atoms with Crippen LogP contribution in [-0.2, 0) is 0 Å². The minimum atomic E-state index is 0.0759. The SMILES string of the molecule is CC(=O)c1ccc(-c2ccc(N3CCCC3)nn2)cc1. The van der Waals surface area contributed by atoms with Crippen molar-refractivity contribution in [1.29, 1.82) is 0 Å². The summed E-state index contributed by atoms with van der Waals surface area (Å²) in [6.45, 7) is 3.71. The zero-order chi connectivity index (χ0) is 13.9. The topological polar surface area (TPSA) is 46.1 Å². The molecular weight excluding hydrogens is 250 g/mol. The molecule has 2 aromatic rings. The van der Waals surface area contributed by atoms with E-state index < -0.39 is 0 Å². The Labute approximate surface area is 118 Å². The lowest BCUT2D eigenvalue weighted by Gasteiger charge is -2.15. The van der Waals surface area contributed by atoms with E-state index in [4.69, 9.17) is 0 Å². The van der Waals surface area contributed by atoms with Crippen molar-refractivity contribution in [2.45, 2.75) is 19.8 Å². The van der Waals surface area contributed by atoms with Crippen LogP contribution in [0, 0.1) is 0 Å². The van der Waals surface area contributed by atoms with Crippen molar-refractivity contribution in [2.24, 2.45) is 0 Å². The molecular formula is C16H17N3O.